The molecule has 0 aromatic heterocycles. The van der Waals surface area contributed by atoms with Crippen molar-refractivity contribution in [3.8, 4) is 0 Å². The van der Waals surface area contributed by atoms with Gasteiger partial charge in [-0.05, 0) is 24.1 Å². The molecule has 0 bridgehead atoms. The van der Waals surface area contributed by atoms with Crippen molar-refractivity contribution < 1.29 is 8.42 Å². The molecule has 0 atom stereocenters. The zero-order chi connectivity index (χ0) is 11.5. The van der Waals surface area contributed by atoms with Crippen molar-refractivity contribution >= 4 is 15.9 Å². The van der Waals surface area contributed by atoms with Crippen LogP contribution >= 0.6 is 0 Å². The molecule has 1 aromatic carbocycles. The molecule has 1 rings (SSSR count). The van der Waals surface area contributed by atoms with Gasteiger partial charge in [-0.2, -0.15) is 12.7 Å². The molecule has 0 aliphatic carbocycles. The van der Waals surface area contributed by atoms with Crippen molar-refractivity contribution in [1.82, 2.24) is 4.31 Å². The summed E-state index contributed by atoms with van der Waals surface area (Å²) in [6.07, 6.45) is 0.886. The normalized spacial score (nSPS) is 11.7. The van der Waals surface area contributed by atoms with Crippen LogP contribution in [0.4, 0.5) is 5.69 Å². The maximum absolute atomic E-state index is 11.5. The minimum Gasteiger partial charge on any atom is -0.271 e. The second kappa shape index (κ2) is 4.63. The number of benzene rings is 1. The van der Waals surface area contributed by atoms with Gasteiger partial charge in [0.05, 0.1) is 5.69 Å². The maximum Gasteiger partial charge on any atom is 0.301 e. The van der Waals surface area contributed by atoms with Crippen molar-refractivity contribution in [3.05, 3.63) is 29.8 Å². The summed E-state index contributed by atoms with van der Waals surface area (Å²) < 4.78 is 26.7. The second-order valence-electron chi connectivity index (χ2n) is 3.44. The van der Waals surface area contributed by atoms with Gasteiger partial charge in [-0.1, -0.05) is 19.1 Å². The Kier molecular flexibility index (Phi) is 3.71. The summed E-state index contributed by atoms with van der Waals surface area (Å²) in [7, 11) is -0.409. The topological polar surface area (TPSA) is 49.4 Å². The van der Waals surface area contributed by atoms with E-state index in [1.807, 2.05) is 25.1 Å². The van der Waals surface area contributed by atoms with Gasteiger partial charge < -0.3 is 0 Å². The summed E-state index contributed by atoms with van der Waals surface area (Å²) >= 11 is 0. The highest BCUT2D eigenvalue weighted by molar-refractivity contribution is 7.90. The zero-order valence-electron chi connectivity index (χ0n) is 9.19. The molecule has 0 fully saturated rings. The lowest BCUT2D eigenvalue weighted by molar-refractivity contribution is 0.527. The summed E-state index contributed by atoms with van der Waals surface area (Å²) in [4.78, 5) is 0. The Hall–Kier alpha value is -1.07. The van der Waals surface area contributed by atoms with Gasteiger partial charge in [0.15, 0.2) is 0 Å². The fourth-order valence-electron chi connectivity index (χ4n) is 1.09. The first-order chi connectivity index (χ1) is 6.95. The van der Waals surface area contributed by atoms with E-state index in [2.05, 4.69) is 4.72 Å². The standard InChI is InChI=1S/C10H16N2O2S/c1-4-9-6-5-7-10(8-9)11-15(13,14)12(2)3/h5-8,11H,4H2,1-3H3. The smallest absolute Gasteiger partial charge is 0.271 e. The number of hydrogen-bond acceptors (Lipinski definition) is 2. The molecule has 0 saturated carbocycles. The third-order valence-corrected chi connectivity index (χ3v) is 3.52. The van der Waals surface area contributed by atoms with Crippen molar-refractivity contribution in [2.75, 3.05) is 18.8 Å². The largest absolute Gasteiger partial charge is 0.301 e. The number of aryl methyl sites for hydroxylation is 1. The molecule has 0 unspecified atom stereocenters. The summed E-state index contributed by atoms with van der Waals surface area (Å²) in [5, 5.41) is 0. The number of nitrogens with zero attached hydrogens (tertiary/aromatic N) is 1. The zero-order valence-corrected chi connectivity index (χ0v) is 10.0. The van der Waals surface area contributed by atoms with Gasteiger partial charge in [0.1, 0.15) is 0 Å². The van der Waals surface area contributed by atoms with Crippen LogP contribution < -0.4 is 4.72 Å². The number of rotatable bonds is 4. The molecule has 0 aliphatic rings. The van der Waals surface area contributed by atoms with E-state index in [0.717, 1.165) is 16.3 Å². The molecule has 0 spiro atoms. The van der Waals surface area contributed by atoms with Crippen LogP contribution in [0, 0.1) is 0 Å². The molecule has 0 amide bonds. The van der Waals surface area contributed by atoms with E-state index >= 15 is 0 Å². The Labute approximate surface area is 91.1 Å². The van der Waals surface area contributed by atoms with E-state index in [4.69, 9.17) is 0 Å². The van der Waals surface area contributed by atoms with Gasteiger partial charge >= 0.3 is 10.2 Å². The summed E-state index contributed by atoms with van der Waals surface area (Å²) in [6, 6.07) is 7.38. The van der Waals surface area contributed by atoms with Crippen molar-refractivity contribution in [1.29, 1.82) is 0 Å². The number of nitrogens with one attached hydrogen (secondary N) is 1. The molecular weight excluding hydrogens is 212 g/mol. The Morgan fingerprint density at radius 1 is 1.33 bits per heavy atom. The van der Waals surface area contributed by atoms with Gasteiger partial charge in [-0.15, -0.1) is 0 Å². The molecule has 84 valence electrons. The lowest BCUT2D eigenvalue weighted by Gasteiger charge is -2.13. The van der Waals surface area contributed by atoms with Crippen molar-refractivity contribution in [2.45, 2.75) is 13.3 Å². The van der Waals surface area contributed by atoms with E-state index in [0.29, 0.717) is 5.69 Å². The molecule has 0 saturated heterocycles. The average molecular weight is 228 g/mol. The van der Waals surface area contributed by atoms with Crippen LogP contribution in [-0.4, -0.2) is 26.8 Å². The van der Waals surface area contributed by atoms with Crippen LogP contribution in [0.2, 0.25) is 0 Å². The minimum absolute atomic E-state index is 0.600. The van der Waals surface area contributed by atoms with Crippen LogP contribution in [0.1, 0.15) is 12.5 Å². The monoisotopic (exact) mass is 228 g/mol. The van der Waals surface area contributed by atoms with Crippen LogP contribution in [0.3, 0.4) is 0 Å². The average Bonchev–Trinajstić information content (AvgIpc) is 2.17. The van der Waals surface area contributed by atoms with Crippen LogP contribution in [0.5, 0.6) is 0 Å². The molecule has 15 heavy (non-hydrogen) atoms. The fourth-order valence-corrected chi connectivity index (χ4v) is 1.70. The second-order valence-corrected chi connectivity index (χ2v) is 5.33. The summed E-state index contributed by atoms with van der Waals surface area (Å²) in [6.45, 7) is 2.03. The third kappa shape index (κ3) is 3.21. The van der Waals surface area contributed by atoms with Gasteiger partial charge in [0.2, 0.25) is 0 Å². The lowest BCUT2D eigenvalue weighted by atomic mass is 10.1. The van der Waals surface area contributed by atoms with Gasteiger partial charge in [-0.3, -0.25) is 4.72 Å². The highest BCUT2D eigenvalue weighted by atomic mass is 32.2. The molecule has 5 heteroatoms. The third-order valence-electron chi connectivity index (χ3n) is 2.06. The summed E-state index contributed by atoms with van der Waals surface area (Å²) in [5.74, 6) is 0. The molecule has 1 N–H and O–H groups in total. The summed E-state index contributed by atoms with van der Waals surface area (Å²) in [5.41, 5.74) is 1.71. The predicted molar refractivity (Wildman–Crippen MR) is 62.0 cm³/mol. The van der Waals surface area contributed by atoms with Crippen LogP contribution in [0.15, 0.2) is 24.3 Å². The Morgan fingerprint density at radius 2 is 2.00 bits per heavy atom. The van der Waals surface area contributed by atoms with Crippen LogP contribution in [-0.2, 0) is 16.6 Å². The first-order valence-corrected chi connectivity index (χ1v) is 6.19. The Bertz CT molecular complexity index is 427. The molecular formula is C10H16N2O2S. The molecule has 0 aliphatic heterocycles. The molecule has 4 nitrogen and oxygen atoms in total. The number of hydrogen-bond donors (Lipinski definition) is 1. The van der Waals surface area contributed by atoms with Gasteiger partial charge in [0, 0.05) is 14.1 Å². The fraction of sp³-hybridized carbons (Fsp3) is 0.400. The highest BCUT2D eigenvalue weighted by Gasteiger charge is 2.12. The van der Waals surface area contributed by atoms with Gasteiger partial charge in [0.25, 0.3) is 0 Å². The van der Waals surface area contributed by atoms with E-state index < -0.39 is 10.2 Å². The number of anilines is 1. The quantitative estimate of drug-likeness (QED) is 0.848. The first-order valence-electron chi connectivity index (χ1n) is 4.75. The predicted octanol–water partition coefficient (Wildman–Crippen LogP) is 1.47. The lowest BCUT2D eigenvalue weighted by Crippen LogP contribution is -2.28. The molecule has 0 heterocycles. The SMILES string of the molecule is CCc1cccc(NS(=O)(=O)N(C)C)c1. The Balaban J connectivity index is 2.90. The molecule has 0 radical (unpaired) electrons. The van der Waals surface area contributed by atoms with Crippen molar-refractivity contribution in [2.24, 2.45) is 0 Å². The van der Waals surface area contributed by atoms with Crippen molar-refractivity contribution in [3.63, 3.8) is 0 Å². The maximum atomic E-state index is 11.5. The van der Waals surface area contributed by atoms with Gasteiger partial charge in [-0.25, -0.2) is 0 Å². The first kappa shape index (κ1) is 12.0. The van der Waals surface area contributed by atoms with E-state index in [-0.39, 0.29) is 0 Å². The highest BCUT2D eigenvalue weighted by Crippen LogP contribution is 2.13. The van der Waals surface area contributed by atoms with E-state index in [1.54, 1.807) is 6.07 Å². The molecule has 1 aromatic rings. The van der Waals surface area contributed by atoms with Crippen LogP contribution in [0.25, 0.3) is 0 Å². The Morgan fingerprint density at radius 3 is 2.53 bits per heavy atom. The van der Waals surface area contributed by atoms with E-state index in [9.17, 15) is 8.42 Å². The van der Waals surface area contributed by atoms with E-state index in [1.165, 1.54) is 14.1 Å². The minimum atomic E-state index is -3.39.